The van der Waals surface area contributed by atoms with Crippen molar-refractivity contribution in [1.29, 1.82) is 0 Å². The van der Waals surface area contributed by atoms with Gasteiger partial charge in [0, 0.05) is 26.2 Å². The molecule has 1 heterocycles. The first-order valence-electron chi connectivity index (χ1n) is 6.85. The molecule has 1 saturated heterocycles. The summed E-state index contributed by atoms with van der Waals surface area (Å²) >= 11 is 1.28. The monoisotopic (exact) mass is 335 g/mol. The van der Waals surface area contributed by atoms with Gasteiger partial charge in [0.15, 0.2) is 5.17 Å². The van der Waals surface area contributed by atoms with Crippen molar-refractivity contribution in [3.05, 3.63) is 29.8 Å². The van der Waals surface area contributed by atoms with E-state index >= 15 is 0 Å². The molecule has 7 nitrogen and oxygen atoms in total. The van der Waals surface area contributed by atoms with Crippen molar-refractivity contribution in [2.45, 2.75) is 11.7 Å². The van der Waals surface area contributed by atoms with Crippen LogP contribution >= 0.6 is 11.8 Å². The highest BCUT2D eigenvalue weighted by Crippen LogP contribution is 2.28. The fourth-order valence-corrected chi connectivity index (χ4v) is 3.19. The number of amides is 2. The third-order valence-electron chi connectivity index (χ3n) is 3.29. The Kier molecular flexibility index (Phi) is 5.38. The van der Waals surface area contributed by atoms with Gasteiger partial charge in [0.2, 0.25) is 11.8 Å². The van der Waals surface area contributed by atoms with Gasteiger partial charge in [-0.3, -0.25) is 19.5 Å². The maximum atomic E-state index is 12.1. The normalized spacial score (nSPS) is 19.1. The number of amidine groups is 1. The molecule has 1 aliphatic rings. The molecule has 0 aromatic heterocycles. The van der Waals surface area contributed by atoms with Crippen LogP contribution in [0.15, 0.2) is 29.3 Å². The van der Waals surface area contributed by atoms with Crippen LogP contribution in [0, 0.1) is 0 Å². The van der Waals surface area contributed by atoms with Gasteiger partial charge in [-0.05, 0) is 24.3 Å². The maximum Gasteiger partial charge on any atom is 0.337 e. The van der Waals surface area contributed by atoms with E-state index in [1.807, 2.05) is 0 Å². The minimum atomic E-state index is -0.465. The van der Waals surface area contributed by atoms with Gasteiger partial charge in [-0.1, -0.05) is 11.8 Å². The van der Waals surface area contributed by atoms with Crippen LogP contribution in [0.25, 0.3) is 0 Å². The molecule has 0 aliphatic carbocycles. The summed E-state index contributed by atoms with van der Waals surface area (Å²) in [5.74, 6) is -0.843. The predicted molar refractivity (Wildman–Crippen MR) is 88.5 cm³/mol. The van der Waals surface area contributed by atoms with E-state index in [4.69, 9.17) is 0 Å². The summed E-state index contributed by atoms with van der Waals surface area (Å²) in [6, 6.07) is 6.34. The summed E-state index contributed by atoms with van der Waals surface area (Å²) in [4.78, 5) is 40.9. The highest BCUT2D eigenvalue weighted by atomic mass is 32.2. The number of nitrogens with one attached hydrogen (secondary N) is 1. The molecule has 23 heavy (non-hydrogen) atoms. The minimum absolute atomic E-state index is 0.0611. The molecule has 0 spiro atoms. The molecule has 1 aliphatic heterocycles. The number of aliphatic imine (C=N–C) groups is 1. The van der Waals surface area contributed by atoms with Crippen molar-refractivity contribution in [1.82, 2.24) is 4.90 Å². The molecule has 2 amide bonds. The topological polar surface area (TPSA) is 88.1 Å². The maximum absolute atomic E-state index is 12.1. The lowest BCUT2D eigenvalue weighted by atomic mass is 10.2. The molecule has 0 saturated carbocycles. The first kappa shape index (κ1) is 17.0. The number of thioether (sulfide) groups is 1. The predicted octanol–water partition coefficient (Wildman–Crippen LogP) is 1.36. The molecule has 1 atom stereocenters. The number of nitrogens with zero attached hydrogens (tertiary/aromatic N) is 2. The zero-order valence-electron chi connectivity index (χ0n) is 13.0. The van der Waals surface area contributed by atoms with Crippen LogP contribution in [0.2, 0.25) is 0 Å². The van der Waals surface area contributed by atoms with Gasteiger partial charge in [0.1, 0.15) is 5.25 Å². The number of methoxy groups -OCH3 is 1. The number of benzene rings is 1. The number of carbonyl (C=O) groups excluding carboxylic acids is 3. The van der Waals surface area contributed by atoms with E-state index in [-0.39, 0.29) is 18.2 Å². The second kappa shape index (κ2) is 7.28. The lowest BCUT2D eigenvalue weighted by molar-refractivity contribution is -0.127. The number of hydrogen-bond donors (Lipinski definition) is 1. The number of carbonyl (C=O) groups is 3. The zero-order valence-corrected chi connectivity index (χ0v) is 13.8. The van der Waals surface area contributed by atoms with Crippen LogP contribution in [0.3, 0.4) is 0 Å². The molecule has 122 valence electrons. The number of ether oxygens (including phenoxy) is 1. The van der Waals surface area contributed by atoms with Crippen LogP contribution in [-0.4, -0.2) is 54.3 Å². The zero-order chi connectivity index (χ0) is 17.0. The highest BCUT2D eigenvalue weighted by Gasteiger charge is 2.36. The van der Waals surface area contributed by atoms with E-state index in [0.29, 0.717) is 16.4 Å². The average Bonchev–Trinajstić information content (AvgIpc) is 2.82. The number of rotatable bonds is 4. The standard InChI is InChI=1S/C15H17N3O4S/c1-16-15-18(2)13(20)11(23-15)8-12(19)17-10-6-4-9(5-7-10)14(21)22-3/h4-7,11H,8H2,1-3H3,(H,17,19)/t11-/m0/s1. The molecule has 1 aromatic rings. The number of esters is 1. The van der Waals surface area contributed by atoms with Gasteiger partial charge in [0.05, 0.1) is 12.7 Å². The van der Waals surface area contributed by atoms with E-state index in [1.165, 1.54) is 23.8 Å². The van der Waals surface area contributed by atoms with Gasteiger partial charge in [-0.2, -0.15) is 0 Å². The van der Waals surface area contributed by atoms with E-state index in [0.717, 1.165) is 0 Å². The van der Waals surface area contributed by atoms with E-state index < -0.39 is 11.2 Å². The van der Waals surface area contributed by atoms with E-state index in [9.17, 15) is 14.4 Å². The quantitative estimate of drug-likeness (QED) is 0.840. The van der Waals surface area contributed by atoms with Crippen LogP contribution in [0.1, 0.15) is 16.8 Å². The smallest absolute Gasteiger partial charge is 0.337 e. The van der Waals surface area contributed by atoms with Crippen molar-refractivity contribution in [2.24, 2.45) is 4.99 Å². The van der Waals surface area contributed by atoms with Crippen LogP contribution in [-0.2, 0) is 14.3 Å². The van der Waals surface area contributed by atoms with Crippen molar-refractivity contribution >= 4 is 40.4 Å². The third kappa shape index (κ3) is 3.89. The minimum Gasteiger partial charge on any atom is -0.465 e. The van der Waals surface area contributed by atoms with E-state index in [2.05, 4.69) is 15.0 Å². The molecule has 0 unspecified atom stereocenters. The first-order valence-corrected chi connectivity index (χ1v) is 7.73. The Hall–Kier alpha value is -2.35. The van der Waals surface area contributed by atoms with Gasteiger partial charge in [-0.25, -0.2) is 4.79 Å². The third-order valence-corrected chi connectivity index (χ3v) is 4.61. The summed E-state index contributed by atoms with van der Waals surface area (Å²) in [6.45, 7) is 0. The van der Waals surface area contributed by atoms with Gasteiger partial charge in [-0.15, -0.1) is 0 Å². The fourth-order valence-electron chi connectivity index (χ4n) is 2.09. The summed E-state index contributed by atoms with van der Waals surface area (Å²) in [7, 11) is 4.55. The van der Waals surface area contributed by atoms with Crippen LogP contribution in [0.4, 0.5) is 5.69 Å². The second-order valence-electron chi connectivity index (χ2n) is 4.83. The Balaban J connectivity index is 1.95. The van der Waals surface area contributed by atoms with Crippen molar-refractivity contribution < 1.29 is 19.1 Å². The summed E-state index contributed by atoms with van der Waals surface area (Å²) < 4.78 is 4.61. The van der Waals surface area contributed by atoms with Crippen LogP contribution < -0.4 is 5.32 Å². The highest BCUT2D eigenvalue weighted by molar-refractivity contribution is 8.15. The van der Waals surface area contributed by atoms with Gasteiger partial charge < -0.3 is 10.1 Å². The van der Waals surface area contributed by atoms with E-state index in [1.54, 1.807) is 38.4 Å². The Labute approximate surface area is 138 Å². The van der Waals surface area contributed by atoms with Gasteiger partial charge in [0.25, 0.3) is 0 Å². The Morgan fingerprint density at radius 1 is 1.35 bits per heavy atom. The fraction of sp³-hybridized carbons (Fsp3) is 0.333. The SMILES string of the molecule is CN=C1S[C@@H](CC(=O)Nc2ccc(C(=O)OC)cc2)C(=O)N1C. The molecule has 1 aromatic carbocycles. The molecule has 1 fully saturated rings. The lowest BCUT2D eigenvalue weighted by Gasteiger charge is -2.09. The number of hydrogen-bond acceptors (Lipinski definition) is 6. The Morgan fingerprint density at radius 2 is 2.00 bits per heavy atom. The van der Waals surface area contributed by atoms with Crippen molar-refractivity contribution in [3.8, 4) is 0 Å². The summed E-state index contributed by atoms with van der Waals surface area (Å²) in [5, 5.41) is 2.85. The average molecular weight is 335 g/mol. The van der Waals surface area contributed by atoms with Crippen LogP contribution in [0.5, 0.6) is 0 Å². The molecule has 0 bridgehead atoms. The first-order chi connectivity index (χ1) is 11.0. The molecular formula is C15H17N3O4S. The molecule has 2 rings (SSSR count). The van der Waals surface area contributed by atoms with Gasteiger partial charge >= 0.3 is 5.97 Å². The lowest BCUT2D eigenvalue weighted by Crippen LogP contribution is -2.30. The van der Waals surface area contributed by atoms with Crippen molar-refractivity contribution in [3.63, 3.8) is 0 Å². The Morgan fingerprint density at radius 3 is 2.52 bits per heavy atom. The van der Waals surface area contributed by atoms with Crippen molar-refractivity contribution in [2.75, 3.05) is 26.5 Å². The summed E-state index contributed by atoms with van der Waals surface area (Å²) in [6.07, 6.45) is 0.0611. The molecule has 1 N–H and O–H groups in total. The molecular weight excluding hydrogens is 318 g/mol. The largest absolute Gasteiger partial charge is 0.465 e. The Bertz CT molecular complexity index is 657. The summed E-state index contributed by atoms with van der Waals surface area (Å²) in [5.41, 5.74) is 0.952. The molecule has 0 radical (unpaired) electrons. The molecule has 8 heteroatoms. The number of anilines is 1. The second-order valence-corrected chi connectivity index (χ2v) is 6.00.